The molecule has 0 radical (unpaired) electrons. The summed E-state index contributed by atoms with van der Waals surface area (Å²) in [4.78, 5) is 36.1. The number of piperidine rings is 1. The first-order valence-electron chi connectivity index (χ1n) is 7.75. The van der Waals surface area contributed by atoms with Gasteiger partial charge in [-0.3, -0.25) is 9.59 Å². The zero-order valence-electron chi connectivity index (χ0n) is 13.5. The summed E-state index contributed by atoms with van der Waals surface area (Å²) in [6.07, 6.45) is -4.37. The molecule has 0 unspecified atom stereocenters. The Hall–Kier alpha value is -2.65. The fourth-order valence-corrected chi connectivity index (χ4v) is 2.62. The highest BCUT2D eigenvalue weighted by Crippen LogP contribution is 2.31. The van der Waals surface area contributed by atoms with Gasteiger partial charge in [-0.2, -0.15) is 13.2 Å². The van der Waals surface area contributed by atoms with Crippen molar-refractivity contribution in [3.8, 4) is 0 Å². The van der Waals surface area contributed by atoms with Gasteiger partial charge in [-0.05, 0) is 31.0 Å². The SMILES string of the molecule is O=C(CNC(=O)N1CCC(C(=O)O)CC1)c1ccc(F)c(C(F)(F)F)c1. The Morgan fingerprint density at radius 3 is 2.35 bits per heavy atom. The fraction of sp³-hybridized carbons (Fsp3) is 0.438. The average Bonchev–Trinajstić information content (AvgIpc) is 2.58. The maximum atomic E-state index is 13.2. The van der Waals surface area contributed by atoms with Gasteiger partial charge < -0.3 is 15.3 Å². The van der Waals surface area contributed by atoms with Crippen molar-refractivity contribution in [1.82, 2.24) is 10.2 Å². The topological polar surface area (TPSA) is 86.7 Å². The molecular formula is C16H16F4N2O4. The van der Waals surface area contributed by atoms with E-state index in [0.29, 0.717) is 12.1 Å². The lowest BCUT2D eigenvalue weighted by atomic mass is 9.97. The van der Waals surface area contributed by atoms with Crippen molar-refractivity contribution >= 4 is 17.8 Å². The number of amides is 2. The van der Waals surface area contributed by atoms with Crippen LogP contribution in [0, 0.1) is 11.7 Å². The molecule has 1 aromatic rings. The fourth-order valence-electron chi connectivity index (χ4n) is 2.62. The van der Waals surface area contributed by atoms with Crippen molar-refractivity contribution in [2.24, 2.45) is 5.92 Å². The Morgan fingerprint density at radius 2 is 1.81 bits per heavy atom. The number of likely N-dealkylation sites (tertiary alicyclic amines) is 1. The molecule has 0 spiro atoms. The second-order valence-electron chi connectivity index (χ2n) is 5.87. The largest absolute Gasteiger partial charge is 0.481 e. The summed E-state index contributed by atoms with van der Waals surface area (Å²) in [6.45, 7) is -0.155. The van der Waals surface area contributed by atoms with E-state index in [1.54, 1.807) is 0 Å². The molecule has 6 nitrogen and oxygen atoms in total. The van der Waals surface area contributed by atoms with Crippen LogP contribution in [0.3, 0.4) is 0 Å². The molecule has 2 amide bonds. The minimum atomic E-state index is -4.93. The number of ketones is 1. The number of carboxylic acid groups (broad SMARTS) is 1. The van der Waals surface area contributed by atoms with E-state index in [1.165, 1.54) is 4.90 Å². The Balaban J connectivity index is 1.93. The standard InChI is InChI=1S/C16H16F4N2O4/c17-12-2-1-10(7-11(12)16(18,19)20)13(23)8-21-15(26)22-5-3-9(4-6-22)14(24)25/h1-2,7,9H,3-6,8H2,(H,21,26)(H,24,25). The quantitative estimate of drug-likeness (QED) is 0.625. The first-order chi connectivity index (χ1) is 12.1. The molecule has 2 N–H and O–H groups in total. The summed E-state index contributed by atoms with van der Waals surface area (Å²) in [6, 6.07) is 1.26. The van der Waals surface area contributed by atoms with Gasteiger partial charge in [0.15, 0.2) is 5.78 Å². The van der Waals surface area contributed by atoms with E-state index in [2.05, 4.69) is 5.32 Å². The Morgan fingerprint density at radius 1 is 1.19 bits per heavy atom. The van der Waals surface area contributed by atoms with Crippen molar-refractivity contribution in [3.63, 3.8) is 0 Å². The average molecular weight is 376 g/mol. The van der Waals surface area contributed by atoms with Crippen LogP contribution >= 0.6 is 0 Å². The van der Waals surface area contributed by atoms with Crippen molar-refractivity contribution in [3.05, 3.63) is 35.1 Å². The highest BCUT2D eigenvalue weighted by Gasteiger charge is 2.34. The van der Waals surface area contributed by atoms with E-state index in [4.69, 9.17) is 5.11 Å². The third-order valence-corrected chi connectivity index (χ3v) is 4.13. The van der Waals surface area contributed by atoms with Crippen LogP contribution in [0.4, 0.5) is 22.4 Å². The molecule has 1 aliphatic rings. The molecule has 0 aromatic heterocycles. The first-order valence-corrected chi connectivity index (χ1v) is 7.75. The molecule has 2 rings (SSSR count). The maximum Gasteiger partial charge on any atom is 0.419 e. The van der Waals surface area contributed by atoms with E-state index in [1.807, 2.05) is 0 Å². The van der Waals surface area contributed by atoms with Crippen LogP contribution in [-0.4, -0.2) is 47.4 Å². The normalized spacial score (nSPS) is 15.6. The van der Waals surface area contributed by atoms with Crippen molar-refractivity contribution in [2.45, 2.75) is 19.0 Å². The molecule has 0 bridgehead atoms. The minimum Gasteiger partial charge on any atom is -0.481 e. The number of nitrogens with one attached hydrogen (secondary N) is 1. The number of hydrogen-bond acceptors (Lipinski definition) is 3. The number of nitrogens with zero attached hydrogens (tertiary/aromatic N) is 1. The van der Waals surface area contributed by atoms with Crippen molar-refractivity contribution in [1.29, 1.82) is 0 Å². The zero-order chi connectivity index (χ0) is 19.5. The second-order valence-corrected chi connectivity index (χ2v) is 5.87. The number of halogens is 4. The number of rotatable bonds is 4. The van der Waals surface area contributed by atoms with E-state index in [0.717, 1.165) is 6.07 Å². The van der Waals surface area contributed by atoms with Gasteiger partial charge in [0.25, 0.3) is 0 Å². The lowest BCUT2D eigenvalue weighted by Gasteiger charge is -2.30. The predicted octanol–water partition coefficient (Wildman–Crippen LogP) is 2.53. The predicted molar refractivity (Wildman–Crippen MR) is 81.1 cm³/mol. The molecule has 0 saturated carbocycles. The monoisotopic (exact) mass is 376 g/mol. The number of benzene rings is 1. The molecule has 1 saturated heterocycles. The van der Waals surface area contributed by atoms with Gasteiger partial charge in [-0.25, -0.2) is 9.18 Å². The first kappa shape index (κ1) is 19.7. The summed E-state index contributed by atoms with van der Waals surface area (Å²) >= 11 is 0. The van der Waals surface area contributed by atoms with Gasteiger partial charge in [0.2, 0.25) is 0 Å². The van der Waals surface area contributed by atoms with Gasteiger partial charge in [0, 0.05) is 18.7 Å². The molecule has 10 heteroatoms. The Labute approximate surface area is 145 Å². The number of carbonyl (C=O) groups excluding carboxylic acids is 2. The highest BCUT2D eigenvalue weighted by atomic mass is 19.4. The maximum absolute atomic E-state index is 13.2. The number of alkyl halides is 3. The number of aliphatic carboxylic acids is 1. The van der Waals surface area contributed by atoms with Gasteiger partial charge in [-0.1, -0.05) is 0 Å². The summed E-state index contributed by atoms with van der Waals surface area (Å²) in [5.74, 6) is -3.75. The van der Waals surface area contributed by atoms with Crippen LogP contribution in [-0.2, 0) is 11.0 Å². The Kier molecular flexibility index (Phi) is 5.83. The van der Waals surface area contributed by atoms with Gasteiger partial charge in [0.05, 0.1) is 18.0 Å². The Bertz CT molecular complexity index is 713. The van der Waals surface area contributed by atoms with Crippen LogP contribution in [0.5, 0.6) is 0 Å². The van der Waals surface area contributed by atoms with Crippen LogP contribution in [0.25, 0.3) is 0 Å². The summed E-state index contributed by atoms with van der Waals surface area (Å²) in [7, 11) is 0. The summed E-state index contributed by atoms with van der Waals surface area (Å²) in [5.41, 5.74) is -1.92. The number of urea groups is 1. The summed E-state index contributed by atoms with van der Waals surface area (Å²) in [5, 5.41) is 11.2. The molecular weight excluding hydrogens is 360 g/mol. The van der Waals surface area contributed by atoms with E-state index in [-0.39, 0.29) is 31.5 Å². The summed E-state index contributed by atoms with van der Waals surface area (Å²) < 4.78 is 51.2. The second kappa shape index (κ2) is 7.71. The van der Waals surface area contributed by atoms with Gasteiger partial charge >= 0.3 is 18.2 Å². The molecule has 142 valence electrons. The molecule has 0 atom stereocenters. The third kappa shape index (κ3) is 4.70. The highest BCUT2D eigenvalue weighted by molar-refractivity contribution is 5.99. The number of carbonyl (C=O) groups is 3. The van der Waals surface area contributed by atoms with Crippen LogP contribution < -0.4 is 5.32 Å². The van der Waals surface area contributed by atoms with Crippen molar-refractivity contribution in [2.75, 3.05) is 19.6 Å². The molecule has 1 aromatic carbocycles. The van der Waals surface area contributed by atoms with Crippen molar-refractivity contribution < 1.29 is 37.1 Å². The van der Waals surface area contributed by atoms with Gasteiger partial charge in [-0.15, -0.1) is 0 Å². The van der Waals surface area contributed by atoms with E-state index >= 15 is 0 Å². The van der Waals surface area contributed by atoms with Crippen LogP contribution in [0.1, 0.15) is 28.8 Å². The zero-order valence-corrected chi connectivity index (χ0v) is 13.5. The van der Waals surface area contributed by atoms with Crippen LogP contribution in [0.15, 0.2) is 18.2 Å². The number of Topliss-reactive ketones (excluding diaryl/α,β-unsaturated/α-hetero) is 1. The van der Waals surface area contributed by atoms with Gasteiger partial charge in [0.1, 0.15) is 5.82 Å². The lowest BCUT2D eigenvalue weighted by Crippen LogP contribution is -2.46. The molecule has 1 fully saturated rings. The number of carboxylic acids is 1. The smallest absolute Gasteiger partial charge is 0.419 e. The molecule has 26 heavy (non-hydrogen) atoms. The molecule has 0 aliphatic carbocycles. The van der Waals surface area contributed by atoms with E-state index < -0.39 is 47.8 Å². The third-order valence-electron chi connectivity index (χ3n) is 4.13. The minimum absolute atomic E-state index is 0.200. The number of hydrogen-bond donors (Lipinski definition) is 2. The molecule has 1 heterocycles. The molecule has 1 aliphatic heterocycles. The van der Waals surface area contributed by atoms with Crippen LogP contribution in [0.2, 0.25) is 0 Å². The van der Waals surface area contributed by atoms with E-state index in [9.17, 15) is 31.9 Å². The lowest BCUT2D eigenvalue weighted by molar-refractivity contribution is -0.143.